The van der Waals surface area contributed by atoms with E-state index in [0.29, 0.717) is 19.6 Å². The monoisotopic (exact) mass is 373 g/mol. The number of nitrogens with one attached hydrogen (secondary N) is 1. The first-order chi connectivity index (χ1) is 10.8. The van der Waals surface area contributed by atoms with E-state index in [1.54, 1.807) is 21.3 Å². The average Bonchev–Trinajstić information content (AvgIpc) is 2.93. The Morgan fingerprint density at radius 3 is 2.62 bits per heavy atom. The van der Waals surface area contributed by atoms with Gasteiger partial charge in [-0.25, -0.2) is 8.42 Å². The molecule has 24 heavy (non-hydrogen) atoms. The Balaban J connectivity index is 0.00000208. The lowest BCUT2D eigenvalue weighted by molar-refractivity contribution is -0.116. The van der Waals surface area contributed by atoms with Crippen LogP contribution in [-0.2, 0) is 21.2 Å². The molecular weight excluding hydrogens is 350 g/mol. The van der Waals surface area contributed by atoms with Crippen molar-refractivity contribution in [2.24, 2.45) is 0 Å². The van der Waals surface area contributed by atoms with Gasteiger partial charge in [0, 0.05) is 44.3 Å². The summed E-state index contributed by atoms with van der Waals surface area (Å²) in [5.74, 6) is -0.0533. The molecule has 0 saturated carbocycles. The van der Waals surface area contributed by atoms with Gasteiger partial charge in [0.05, 0.1) is 4.90 Å². The highest BCUT2D eigenvalue weighted by molar-refractivity contribution is 7.89. The molecule has 0 aromatic heterocycles. The van der Waals surface area contributed by atoms with Crippen LogP contribution < -0.4 is 10.2 Å². The number of carbonyl (C=O) groups excluding carboxylic acids is 1. The molecule has 2 unspecified atom stereocenters. The van der Waals surface area contributed by atoms with Crippen LogP contribution in [0.3, 0.4) is 0 Å². The fraction of sp³-hybridized carbons (Fsp3) is 0.562. The van der Waals surface area contributed by atoms with Gasteiger partial charge in [0.25, 0.3) is 0 Å². The molecule has 6 nitrogen and oxygen atoms in total. The second kappa shape index (κ2) is 7.00. The number of sulfonamides is 1. The lowest BCUT2D eigenvalue weighted by Gasteiger charge is -2.37. The Morgan fingerprint density at radius 1 is 1.25 bits per heavy atom. The van der Waals surface area contributed by atoms with E-state index >= 15 is 0 Å². The second-order valence-corrected chi connectivity index (χ2v) is 8.20. The Bertz CT molecular complexity index is 738. The number of piperazine rings is 1. The van der Waals surface area contributed by atoms with Gasteiger partial charge in [-0.1, -0.05) is 6.07 Å². The van der Waals surface area contributed by atoms with Crippen molar-refractivity contribution in [1.29, 1.82) is 0 Å². The highest BCUT2D eigenvalue weighted by atomic mass is 35.5. The van der Waals surface area contributed by atoms with Gasteiger partial charge in [0.2, 0.25) is 15.9 Å². The Hall–Kier alpha value is -1.15. The molecule has 2 heterocycles. The smallest absolute Gasteiger partial charge is 0.243 e. The Kier molecular flexibility index (Phi) is 5.59. The lowest BCUT2D eigenvalue weighted by Crippen LogP contribution is -2.57. The van der Waals surface area contributed by atoms with Crippen molar-refractivity contribution in [1.82, 2.24) is 9.62 Å². The number of anilines is 1. The zero-order valence-corrected chi connectivity index (χ0v) is 15.8. The largest absolute Gasteiger partial charge is 0.312 e. The lowest BCUT2D eigenvalue weighted by atomic mass is 10.1. The highest BCUT2D eigenvalue weighted by Gasteiger charge is 2.35. The molecule has 2 aliphatic rings. The van der Waals surface area contributed by atoms with Crippen LogP contribution >= 0.6 is 12.4 Å². The van der Waals surface area contributed by atoms with Gasteiger partial charge in [0.1, 0.15) is 0 Å². The van der Waals surface area contributed by atoms with Crippen molar-refractivity contribution in [3.05, 3.63) is 23.8 Å². The van der Waals surface area contributed by atoms with Crippen LogP contribution in [0.15, 0.2) is 23.1 Å². The highest BCUT2D eigenvalue weighted by Crippen LogP contribution is 2.32. The van der Waals surface area contributed by atoms with Crippen molar-refractivity contribution in [3.63, 3.8) is 0 Å². The van der Waals surface area contributed by atoms with Crippen LogP contribution in [0, 0.1) is 0 Å². The van der Waals surface area contributed by atoms with Crippen LogP contribution in [-0.4, -0.2) is 50.3 Å². The van der Waals surface area contributed by atoms with Gasteiger partial charge in [-0.3, -0.25) is 4.79 Å². The minimum absolute atomic E-state index is 0. The molecule has 0 radical (unpaired) electrons. The zero-order valence-electron chi connectivity index (χ0n) is 14.2. The maximum atomic E-state index is 13.0. The van der Waals surface area contributed by atoms with Gasteiger partial charge in [-0.05, 0) is 38.0 Å². The summed E-state index contributed by atoms with van der Waals surface area (Å²) in [5, 5.41) is 3.29. The molecule has 1 fully saturated rings. The molecule has 8 heteroatoms. The van der Waals surface area contributed by atoms with E-state index in [1.165, 1.54) is 6.92 Å². The van der Waals surface area contributed by atoms with Gasteiger partial charge in [-0.2, -0.15) is 4.31 Å². The molecule has 0 aliphatic carbocycles. The average molecular weight is 374 g/mol. The van der Waals surface area contributed by atoms with E-state index < -0.39 is 10.0 Å². The number of halogens is 1. The summed E-state index contributed by atoms with van der Waals surface area (Å²) in [4.78, 5) is 13.6. The van der Waals surface area contributed by atoms with E-state index in [1.807, 2.05) is 19.9 Å². The molecule has 2 aliphatic heterocycles. The SMILES string of the molecule is CC(=O)N1CCc2ccc(S(=O)(=O)N3CCNC(C)C3C)cc21.Cl. The maximum absolute atomic E-state index is 13.0. The Labute approximate surface area is 149 Å². The van der Waals surface area contributed by atoms with E-state index in [9.17, 15) is 13.2 Å². The fourth-order valence-corrected chi connectivity index (χ4v) is 5.07. The third-order valence-corrected chi connectivity index (χ3v) is 6.90. The third kappa shape index (κ3) is 3.18. The third-order valence-electron chi connectivity index (χ3n) is 4.92. The normalized spacial score (nSPS) is 24.4. The standard InChI is InChI=1S/C16H23N3O3S.ClH/c1-11-12(2)19(9-7-17-11)23(21,22)15-5-4-14-6-8-18(13(3)20)16(14)10-15;/h4-5,10-12,17H,6-9H2,1-3H3;1H. The molecule has 1 saturated heterocycles. The molecule has 1 N–H and O–H groups in total. The van der Waals surface area contributed by atoms with Gasteiger partial charge < -0.3 is 10.2 Å². The van der Waals surface area contributed by atoms with Gasteiger partial charge in [-0.15, -0.1) is 12.4 Å². The number of carbonyl (C=O) groups is 1. The number of rotatable bonds is 2. The molecule has 0 bridgehead atoms. The number of hydrogen-bond acceptors (Lipinski definition) is 4. The predicted octanol–water partition coefficient (Wildman–Crippen LogP) is 1.39. The fourth-order valence-electron chi connectivity index (χ4n) is 3.35. The first-order valence-electron chi connectivity index (χ1n) is 7.98. The zero-order chi connectivity index (χ0) is 16.8. The molecule has 1 aromatic rings. The summed E-state index contributed by atoms with van der Waals surface area (Å²) in [6, 6.07) is 5.16. The van der Waals surface area contributed by atoms with Gasteiger partial charge in [0.15, 0.2) is 0 Å². The first kappa shape index (κ1) is 19.2. The van der Waals surface area contributed by atoms with E-state index in [-0.39, 0.29) is 35.3 Å². The predicted molar refractivity (Wildman–Crippen MR) is 96.2 cm³/mol. The van der Waals surface area contributed by atoms with Crippen molar-refractivity contribution >= 4 is 34.0 Å². The van der Waals surface area contributed by atoms with Crippen LogP contribution in [0.5, 0.6) is 0 Å². The quantitative estimate of drug-likeness (QED) is 0.850. The van der Waals surface area contributed by atoms with Crippen molar-refractivity contribution in [2.75, 3.05) is 24.5 Å². The number of fused-ring (bicyclic) bond motifs is 1. The second-order valence-electron chi connectivity index (χ2n) is 6.31. The molecule has 134 valence electrons. The van der Waals surface area contributed by atoms with E-state index in [2.05, 4.69) is 5.32 Å². The molecular formula is C16H24ClN3O3S. The summed E-state index contributed by atoms with van der Waals surface area (Å²) >= 11 is 0. The number of hydrogen-bond donors (Lipinski definition) is 1. The Morgan fingerprint density at radius 2 is 1.96 bits per heavy atom. The van der Waals surface area contributed by atoms with Crippen LogP contribution in [0.2, 0.25) is 0 Å². The molecule has 1 amide bonds. The van der Waals surface area contributed by atoms with Crippen LogP contribution in [0.1, 0.15) is 26.3 Å². The number of nitrogens with zero attached hydrogens (tertiary/aromatic N) is 2. The maximum Gasteiger partial charge on any atom is 0.243 e. The summed E-state index contributed by atoms with van der Waals surface area (Å²) in [6.45, 7) is 7.15. The topological polar surface area (TPSA) is 69.7 Å². The first-order valence-corrected chi connectivity index (χ1v) is 9.42. The molecule has 3 rings (SSSR count). The van der Waals surface area contributed by atoms with Crippen molar-refractivity contribution in [3.8, 4) is 0 Å². The van der Waals surface area contributed by atoms with Crippen LogP contribution in [0.4, 0.5) is 5.69 Å². The number of benzene rings is 1. The molecule has 2 atom stereocenters. The summed E-state index contributed by atoms with van der Waals surface area (Å²) in [7, 11) is -3.56. The summed E-state index contributed by atoms with van der Waals surface area (Å²) in [6.07, 6.45) is 0.774. The van der Waals surface area contributed by atoms with Crippen molar-refractivity contribution < 1.29 is 13.2 Å². The summed E-state index contributed by atoms with van der Waals surface area (Å²) in [5.41, 5.74) is 1.76. The number of amides is 1. The van der Waals surface area contributed by atoms with Crippen LogP contribution in [0.25, 0.3) is 0 Å². The van der Waals surface area contributed by atoms with E-state index in [0.717, 1.165) is 17.7 Å². The minimum Gasteiger partial charge on any atom is -0.312 e. The van der Waals surface area contributed by atoms with E-state index in [4.69, 9.17) is 0 Å². The van der Waals surface area contributed by atoms with Crippen molar-refractivity contribution in [2.45, 2.75) is 44.2 Å². The minimum atomic E-state index is -3.56. The molecule has 0 spiro atoms. The van der Waals surface area contributed by atoms with Gasteiger partial charge >= 0.3 is 0 Å². The summed E-state index contributed by atoms with van der Waals surface area (Å²) < 4.78 is 27.6. The molecule has 1 aromatic carbocycles.